The van der Waals surface area contributed by atoms with Crippen molar-refractivity contribution >= 4 is 21.3 Å². The third-order valence-corrected chi connectivity index (χ3v) is 5.27. The second-order valence-corrected chi connectivity index (χ2v) is 6.50. The first-order valence-electron chi connectivity index (χ1n) is 5.90. The largest absolute Gasteiger partial charge is 0.357 e. The number of rotatable bonds is 7. The van der Waals surface area contributed by atoms with Crippen LogP contribution in [0, 0.1) is 0 Å². The summed E-state index contributed by atoms with van der Waals surface area (Å²) in [5.74, 6) is 2.72. The van der Waals surface area contributed by atoms with Crippen LogP contribution in [-0.2, 0) is 9.47 Å². The van der Waals surface area contributed by atoms with Crippen LogP contribution in [0.25, 0.3) is 0 Å². The topological polar surface area (TPSA) is 21.7 Å². The molecule has 0 atom stereocenters. The van der Waals surface area contributed by atoms with Gasteiger partial charge in [-0.15, -0.1) is 0 Å². The van der Waals surface area contributed by atoms with Crippen molar-refractivity contribution in [2.24, 2.45) is 0 Å². The molecule has 0 bridgehead atoms. The molecule has 1 aliphatic heterocycles. The minimum absolute atomic E-state index is 0.134. The first-order valence-corrected chi connectivity index (χ1v) is 8.87. The van der Waals surface area contributed by atoms with E-state index in [0.717, 1.165) is 13.2 Å². The molecule has 1 heterocycles. The lowest BCUT2D eigenvalue weighted by molar-refractivity contribution is -0.0833. The standard InChI is InChI=1S/C10H23NO2SSi/c1-3-12-10(13-4-2)15-9-11-5-7-14-8-6-11/h10H,3-9,15H2,1-2H3. The van der Waals surface area contributed by atoms with Crippen molar-refractivity contribution in [3.63, 3.8) is 0 Å². The molecule has 0 saturated carbocycles. The normalized spacial score (nSPS) is 19.4. The van der Waals surface area contributed by atoms with Gasteiger partial charge in [-0.05, 0) is 20.0 Å². The van der Waals surface area contributed by atoms with Crippen molar-refractivity contribution in [3.8, 4) is 0 Å². The number of hydrogen-bond acceptors (Lipinski definition) is 4. The quantitative estimate of drug-likeness (QED) is 0.484. The fourth-order valence-electron chi connectivity index (χ4n) is 1.70. The number of hydrogen-bond donors (Lipinski definition) is 0. The molecule has 0 aromatic heterocycles. The summed E-state index contributed by atoms with van der Waals surface area (Å²) in [7, 11) is -0.269. The molecule has 0 unspecified atom stereocenters. The summed E-state index contributed by atoms with van der Waals surface area (Å²) in [4.78, 5) is 2.56. The molecular formula is C10H23NO2SSi. The fourth-order valence-corrected chi connectivity index (χ4v) is 4.51. The van der Waals surface area contributed by atoms with Crippen molar-refractivity contribution in [1.29, 1.82) is 0 Å². The van der Waals surface area contributed by atoms with Gasteiger partial charge in [0.25, 0.3) is 0 Å². The van der Waals surface area contributed by atoms with Crippen LogP contribution in [0.5, 0.6) is 0 Å². The Labute approximate surface area is 99.7 Å². The van der Waals surface area contributed by atoms with Gasteiger partial charge in [-0.2, -0.15) is 11.8 Å². The van der Waals surface area contributed by atoms with Crippen molar-refractivity contribution in [2.75, 3.05) is 44.0 Å². The van der Waals surface area contributed by atoms with E-state index >= 15 is 0 Å². The van der Waals surface area contributed by atoms with Crippen molar-refractivity contribution in [2.45, 2.75) is 19.8 Å². The average Bonchev–Trinajstić information content (AvgIpc) is 2.28. The van der Waals surface area contributed by atoms with Crippen molar-refractivity contribution in [1.82, 2.24) is 4.90 Å². The van der Waals surface area contributed by atoms with Gasteiger partial charge in [-0.1, -0.05) is 0 Å². The zero-order chi connectivity index (χ0) is 10.9. The van der Waals surface area contributed by atoms with Gasteiger partial charge in [0.2, 0.25) is 0 Å². The summed E-state index contributed by atoms with van der Waals surface area (Å²) >= 11 is 2.06. The van der Waals surface area contributed by atoms with Crippen molar-refractivity contribution in [3.05, 3.63) is 0 Å². The summed E-state index contributed by atoms with van der Waals surface area (Å²) < 4.78 is 11.2. The Kier molecular flexibility index (Phi) is 7.73. The molecule has 0 aromatic rings. The molecule has 1 aliphatic rings. The monoisotopic (exact) mass is 249 g/mol. The highest BCUT2D eigenvalue weighted by molar-refractivity contribution is 7.99. The SMILES string of the molecule is CCOC(OCC)[SiH2]CN1CCSCC1. The van der Waals surface area contributed by atoms with Gasteiger partial charge in [0, 0.05) is 37.8 Å². The summed E-state index contributed by atoms with van der Waals surface area (Å²) in [6.45, 7) is 8.13. The first-order chi connectivity index (χ1) is 7.36. The average molecular weight is 249 g/mol. The van der Waals surface area contributed by atoms with E-state index in [1.54, 1.807) is 0 Å². The van der Waals surface area contributed by atoms with E-state index in [1.165, 1.54) is 30.8 Å². The highest BCUT2D eigenvalue weighted by atomic mass is 32.2. The molecule has 5 heteroatoms. The lowest BCUT2D eigenvalue weighted by Gasteiger charge is -2.27. The molecule has 1 saturated heterocycles. The van der Waals surface area contributed by atoms with Gasteiger partial charge in [0.05, 0.1) is 0 Å². The predicted molar refractivity (Wildman–Crippen MR) is 69.3 cm³/mol. The maximum absolute atomic E-state index is 5.58. The molecule has 0 aromatic carbocycles. The molecule has 0 spiro atoms. The number of thioether (sulfide) groups is 1. The third kappa shape index (κ3) is 5.92. The molecule has 0 aliphatic carbocycles. The second kappa shape index (κ2) is 8.58. The summed E-state index contributed by atoms with van der Waals surface area (Å²) in [6.07, 6.45) is 1.24. The molecular weight excluding hydrogens is 226 g/mol. The lowest BCUT2D eigenvalue weighted by Crippen LogP contribution is -2.40. The molecule has 3 nitrogen and oxygen atoms in total. The Balaban J connectivity index is 2.13. The van der Waals surface area contributed by atoms with Crippen LogP contribution in [0.3, 0.4) is 0 Å². The Morgan fingerprint density at radius 3 is 2.33 bits per heavy atom. The van der Waals surface area contributed by atoms with Gasteiger partial charge in [-0.3, -0.25) is 0 Å². The Morgan fingerprint density at radius 1 is 1.20 bits per heavy atom. The molecule has 0 N–H and O–H groups in total. The molecule has 1 rings (SSSR count). The van der Waals surface area contributed by atoms with Crippen LogP contribution in [0.1, 0.15) is 13.8 Å². The van der Waals surface area contributed by atoms with Gasteiger partial charge >= 0.3 is 0 Å². The summed E-state index contributed by atoms with van der Waals surface area (Å²) in [5.41, 5.74) is 0. The van der Waals surface area contributed by atoms with E-state index in [0.29, 0.717) is 0 Å². The lowest BCUT2D eigenvalue weighted by atomic mass is 10.6. The van der Waals surface area contributed by atoms with Crippen LogP contribution in [-0.4, -0.2) is 64.3 Å². The minimum Gasteiger partial charge on any atom is -0.357 e. The van der Waals surface area contributed by atoms with Crippen molar-refractivity contribution < 1.29 is 9.47 Å². The van der Waals surface area contributed by atoms with Crippen LogP contribution in [0.4, 0.5) is 0 Å². The molecule has 0 radical (unpaired) electrons. The van der Waals surface area contributed by atoms with E-state index < -0.39 is 0 Å². The third-order valence-electron chi connectivity index (χ3n) is 2.49. The maximum atomic E-state index is 5.58. The highest BCUT2D eigenvalue weighted by Gasteiger charge is 2.14. The zero-order valence-corrected chi connectivity index (χ0v) is 12.1. The summed E-state index contributed by atoms with van der Waals surface area (Å²) in [5, 5.41) is 0. The molecule has 1 fully saturated rings. The maximum Gasteiger partial charge on any atom is 0.136 e. The van der Waals surface area contributed by atoms with Gasteiger partial charge in [0.1, 0.15) is 15.4 Å². The van der Waals surface area contributed by atoms with E-state index in [-0.39, 0.29) is 15.4 Å². The zero-order valence-electron chi connectivity index (χ0n) is 9.91. The Hall–Kier alpha value is 0.447. The Morgan fingerprint density at radius 2 is 1.80 bits per heavy atom. The summed E-state index contributed by atoms with van der Waals surface area (Å²) in [6, 6.07) is 0. The fraction of sp³-hybridized carbons (Fsp3) is 1.00. The molecule has 15 heavy (non-hydrogen) atoms. The van der Waals surface area contributed by atoms with Gasteiger partial charge in [0.15, 0.2) is 0 Å². The van der Waals surface area contributed by atoms with Gasteiger partial charge in [-0.25, -0.2) is 0 Å². The predicted octanol–water partition coefficient (Wildman–Crippen LogP) is 0.518. The second-order valence-electron chi connectivity index (χ2n) is 3.58. The highest BCUT2D eigenvalue weighted by Crippen LogP contribution is 2.08. The van der Waals surface area contributed by atoms with Crippen LogP contribution in [0.2, 0.25) is 0 Å². The van der Waals surface area contributed by atoms with E-state index in [9.17, 15) is 0 Å². The number of nitrogens with zero attached hydrogens (tertiary/aromatic N) is 1. The van der Waals surface area contributed by atoms with Gasteiger partial charge < -0.3 is 14.4 Å². The van der Waals surface area contributed by atoms with E-state index in [4.69, 9.17) is 9.47 Å². The van der Waals surface area contributed by atoms with Crippen LogP contribution in [0.15, 0.2) is 0 Å². The number of ether oxygens (including phenoxy) is 2. The first kappa shape index (κ1) is 13.5. The van der Waals surface area contributed by atoms with E-state index in [2.05, 4.69) is 16.7 Å². The Bertz CT molecular complexity index is 150. The van der Waals surface area contributed by atoms with E-state index in [1.807, 2.05) is 13.8 Å². The molecule has 0 amide bonds. The molecule has 90 valence electrons. The minimum atomic E-state index is -0.269. The van der Waals surface area contributed by atoms with Crippen LogP contribution >= 0.6 is 11.8 Å². The smallest absolute Gasteiger partial charge is 0.136 e. The van der Waals surface area contributed by atoms with Crippen LogP contribution < -0.4 is 0 Å².